The Morgan fingerprint density at radius 3 is 2.29 bits per heavy atom. The predicted octanol–water partition coefficient (Wildman–Crippen LogP) is -2.39. The summed E-state index contributed by atoms with van der Waals surface area (Å²) in [7, 11) is 0. The predicted molar refractivity (Wildman–Crippen MR) is 25.7 cm³/mol. The summed E-state index contributed by atoms with van der Waals surface area (Å²) in [4.78, 5) is 19.1. The minimum Gasteiger partial charge on any atom is -1.00 e. The number of carbonyl (C=O) groups is 2. The molecule has 0 atom stereocenters. The molecule has 0 amide bonds. The number of carbonyl (C=O) groups excluding carboxylic acids is 2. The van der Waals surface area contributed by atoms with E-state index < -0.39 is 0 Å². The minimum absolute atomic E-state index is 0. The van der Waals surface area contributed by atoms with E-state index in [2.05, 4.69) is 15.9 Å². The van der Waals surface area contributed by atoms with Gasteiger partial charge in [0.2, 0.25) is 4.69 Å². The van der Waals surface area contributed by atoms with Gasteiger partial charge in [-0.3, -0.25) is 4.79 Å². The molecule has 0 heterocycles. The molecule has 0 saturated carbocycles. The van der Waals surface area contributed by atoms with Crippen LogP contribution < -0.4 is 29.6 Å². The monoisotopic (exact) mass is 174 g/mol. The maximum atomic E-state index is 9.73. The molecule has 0 aromatic heterocycles. The van der Waals surface area contributed by atoms with E-state index in [1.54, 1.807) is 0 Å². The third kappa shape index (κ3) is 10.9. The Morgan fingerprint density at radius 2 is 2.29 bits per heavy atom. The summed E-state index contributed by atoms with van der Waals surface area (Å²) in [5.74, 6) is 0. The molecule has 0 aromatic carbocycles. The second-order valence-corrected chi connectivity index (χ2v) is 1.61. The van der Waals surface area contributed by atoms with Gasteiger partial charge in [0.1, 0.15) is 6.29 Å². The molecule has 2 nitrogen and oxygen atoms in total. The van der Waals surface area contributed by atoms with E-state index in [0.29, 0.717) is 6.29 Å². The standard InChI is InChI=1S/C3H3BrO2.Na.H/c4-3(6)1-2-5;;/h2H,1H2;;/q;+1;-1. The third-order valence-electron chi connectivity index (χ3n) is 0.244. The summed E-state index contributed by atoms with van der Waals surface area (Å²) in [6.45, 7) is 0. The van der Waals surface area contributed by atoms with Crippen molar-refractivity contribution < 1.29 is 40.6 Å². The maximum absolute atomic E-state index is 9.73. The van der Waals surface area contributed by atoms with Gasteiger partial charge >= 0.3 is 29.6 Å². The van der Waals surface area contributed by atoms with E-state index in [9.17, 15) is 9.59 Å². The van der Waals surface area contributed by atoms with Crippen LogP contribution in [0.1, 0.15) is 7.85 Å². The van der Waals surface area contributed by atoms with Crippen molar-refractivity contribution in [1.82, 2.24) is 0 Å². The van der Waals surface area contributed by atoms with Gasteiger partial charge in [-0.1, -0.05) is 0 Å². The normalized spacial score (nSPS) is 6.43. The SMILES string of the molecule is O=CCC(=O)Br.[H-].[Na+]. The van der Waals surface area contributed by atoms with Gasteiger partial charge in [0.15, 0.2) is 0 Å². The summed E-state index contributed by atoms with van der Waals surface area (Å²) in [5.41, 5.74) is 0. The van der Waals surface area contributed by atoms with Gasteiger partial charge in [-0.25, -0.2) is 0 Å². The van der Waals surface area contributed by atoms with Gasteiger partial charge in [0, 0.05) is 0 Å². The fraction of sp³-hybridized carbons (Fsp3) is 0.333. The van der Waals surface area contributed by atoms with E-state index >= 15 is 0 Å². The van der Waals surface area contributed by atoms with Crippen molar-refractivity contribution in [3.05, 3.63) is 0 Å². The zero-order valence-electron chi connectivity index (χ0n) is 4.98. The molecule has 0 aliphatic carbocycles. The van der Waals surface area contributed by atoms with Gasteiger partial charge < -0.3 is 6.22 Å². The van der Waals surface area contributed by atoms with Crippen molar-refractivity contribution in [3.63, 3.8) is 0 Å². The first kappa shape index (κ1) is 10.7. The van der Waals surface area contributed by atoms with Crippen LogP contribution in [0, 0.1) is 0 Å². The number of rotatable bonds is 2. The number of halogens is 1. The zero-order chi connectivity index (χ0) is 4.99. The van der Waals surface area contributed by atoms with Crippen LogP contribution in [0.3, 0.4) is 0 Å². The van der Waals surface area contributed by atoms with Gasteiger partial charge in [0.25, 0.3) is 0 Å². The van der Waals surface area contributed by atoms with E-state index in [-0.39, 0.29) is 42.1 Å². The third-order valence-corrected chi connectivity index (χ3v) is 0.568. The molecule has 0 aromatic rings. The van der Waals surface area contributed by atoms with Crippen molar-refractivity contribution in [3.8, 4) is 0 Å². The van der Waals surface area contributed by atoms with Crippen LogP contribution in [0.4, 0.5) is 0 Å². The molecule has 0 saturated heterocycles. The first-order chi connectivity index (χ1) is 2.77. The quantitative estimate of drug-likeness (QED) is 0.203. The number of hydrogen-bond donors (Lipinski definition) is 0. The number of hydrogen-bond acceptors (Lipinski definition) is 2. The molecular weight excluding hydrogens is 171 g/mol. The van der Waals surface area contributed by atoms with Crippen LogP contribution in [0.25, 0.3) is 0 Å². The van der Waals surface area contributed by atoms with Gasteiger partial charge in [-0.15, -0.1) is 0 Å². The largest absolute Gasteiger partial charge is 1.00 e. The van der Waals surface area contributed by atoms with Crippen molar-refractivity contribution >= 4 is 26.9 Å². The smallest absolute Gasteiger partial charge is 1.00 e. The van der Waals surface area contributed by atoms with Crippen molar-refractivity contribution in [2.24, 2.45) is 0 Å². The fourth-order valence-corrected chi connectivity index (χ4v) is 0.198. The topological polar surface area (TPSA) is 34.1 Å². The fourth-order valence-electron chi connectivity index (χ4n) is 0.0655. The molecule has 0 fully saturated rings. The van der Waals surface area contributed by atoms with Gasteiger partial charge in [-0.05, 0) is 15.9 Å². The average Bonchev–Trinajstić information content (AvgIpc) is 1.35. The zero-order valence-corrected chi connectivity index (χ0v) is 7.56. The molecule has 0 radical (unpaired) electrons. The molecule has 0 aliphatic rings. The Kier molecular flexibility index (Phi) is 10.5. The number of aldehydes is 1. The summed E-state index contributed by atoms with van der Waals surface area (Å²) in [5, 5.41) is 0. The van der Waals surface area contributed by atoms with E-state index in [4.69, 9.17) is 0 Å². The summed E-state index contributed by atoms with van der Waals surface area (Å²) in [6, 6.07) is 0. The molecule has 0 rings (SSSR count). The van der Waals surface area contributed by atoms with E-state index in [0.717, 1.165) is 0 Å². The Labute approximate surface area is 73.6 Å². The van der Waals surface area contributed by atoms with Crippen molar-refractivity contribution in [2.75, 3.05) is 0 Å². The van der Waals surface area contributed by atoms with Crippen LogP contribution in [0.5, 0.6) is 0 Å². The van der Waals surface area contributed by atoms with Gasteiger partial charge in [-0.2, -0.15) is 0 Å². The molecule has 4 heteroatoms. The van der Waals surface area contributed by atoms with Gasteiger partial charge in [0.05, 0.1) is 6.42 Å². The molecule has 0 unspecified atom stereocenters. The molecule has 0 aliphatic heterocycles. The Balaban J connectivity index is -0.000000125. The van der Waals surface area contributed by atoms with E-state index in [1.807, 2.05) is 0 Å². The van der Waals surface area contributed by atoms with Crippen molar-refractivity contribution in [2.45, 2.75) is 6.42 Å². The first-order valence-electron chi connectivity index (χ1n) is 1.39. The molecular formula is C3H4BrNaO2. The summed E-state index contributed by atoms with van der Waals surface area (Å²) < 4.78 is -0.266. The van der Waals surface area contributed by atoms with Crippen molar-refractivity contribution in [1.29, 1.82) is 0 Å². The Bertz CT molecular complexity index is 77.7. The second-order valence-electron chi connectivity index (χ2n) is 0.726. The van der Waals surface area contributed by atoms with Crippen LogP contribution in [0.2, 0.25) is 0 Å². The second kappa shape index (κ2) is 6.82. The minimum atomic E-state index is -0.266. The Hall–Kier alpha value is 0.820. The van der Waals surface area contributed by atoms with Crippen LogP contribution >= 0.6 is 15.9 Å². The molecule has 0 N–H and O–H groups in total. The van der Waals surface area contributed by atoms with Crippen LogP contribution in [-0.2, 0) is 9.59 Å². The summed E-state index contributed by atoms with van der Waals surface area (Å²) in [6.07, 6.45) is 0.525. The van der Waals surface area contributed by atoms with Crippen LogP contribution in [-0.4, -0.2) is 11.0 Å². The molecule has 7 heavy (non-hydrogen) atoms. The molecule has 0 spiro atoms. The first-order valence-corrected chi connectivity index (χ1v) is 2.18. The summed E-state index contributed by atoms with van der Waals surface area (Å²) >= 11 is 2.56. The van der Waals surface area contributed by atoms with Crippen LogP contribution in [0.15, 0.2) is 0 Å². The average molecular weight is 175 g/mol. The van der Waals surface area contributed by atoms with E-state index in [1.165, 1.54) is 0 Å². The Morgan fingerprint density at radius 1 is 1.86 bits per heavy atom. The maximum Gasteiger partial charge on any atom is 1.00 e. The molecule has 0 bridgehead atoms. The molecule has 36 valence electrons.